The second-order valence-electron chi connectivity index (χ2n) is 9.45. The number of amides is 1. The molecule has 1 atom stereocenters. The number of hydrogen-bond donors (Lipinski definition) is 0. The van der Waals surface area contributed by atoms with Gasteiger partial charge in [-0.3, -0.25) is 4.79 Å². The van der Waals surface area contributed by atoms with Crippen molar-refractivity contribution in [3.05, 3.63) is 47.7 Å². The average molecular weight is 484 g/mol. The molecule has 2 aliphatic rings. The summed E-state index contributed by atoms with van der Waals surface area (Å²) in [5, 5.41) is 2.74. The van der Waals surface area contributed by atoms with Gasteiger partial charge in [-0.25, -0.2) is 13.2 Å². The molecule has 0 spiro atoms. The fourth-order valence-corrected chi connectivity index (χ4v) is 7.18. The Morgan fingerprint density at radius 1 is 1.00 bits per heavy atom. The van der Waals surface area contributed by atoms with E-state index in [0.717, 1.165) is 48.3 Å². The fraction of sp³-hybridized carbons (Fsp3) is 0.462. The lowest BCUT2D eigenvalue weighted by atomic mass is 9.93. The van der Waals surface area contributed by atoms with Gasteiger partial charge in [0.25, 0.3) is 5.91 Å². The topological polar surface area (TPSA) is 93.9 Å². The third kappa shape index (κ3) is 4.31. The molecule has 1 amide bonds. The van der Waals surface area contributed by atoms with Crippen molar-refractivity contribution in [1.82, 2.24) is 4.90 Å². The summed E-state index contributed by atoms with van der Waals surface area (Å²) in [5.74, 6) is -0.846. The van der Waals surface area contributed by atoms with E-state index in [1.807, 2.05) is 36.4 Å². The van der Waals surface area contributed by atoms with Crippen LogP contribution >= 0.6 is 0 Å². The number of esters is 1. The Morgan fingerprint density at radius 2 is 1.76 bits per heavy atom. The van der Waals surface area contributed by atoms with E-state index >= 15 is 0 Å². The van der Waals surface area contributed by atoms with E-state index in [4.69, 9.17) is 9.15 Å². The van der Waals surface area contributed by atoms with Gasteiger partial charge in [0.15, 0.2) is 16.4 Å². The third-order valence-corrected chi connectivity index (χ3v) is 8.95. The molecule has 1 saturated carbocycles. The molecule has 2 aromatic carbocycles. The molecule has 34 heavy (non-hydrogen) atoms. The third-order valence-electron chi connectivity index (χ3n) is 7.20. The molecular formula is C26H29NO6S. The quantitative estimate of drug-likeness (QED) is 0.500. The molecule has 1 aliphatic carbocycles. The summed E-state index contributed by atoms with van der Waals surface area (Å²) in [6.45, 7) is 1.37. The summed E-state index contributed by atoms with van der Waals surface area (Å²) in [4.78, 5) is 27.9. The molecule has 2 heterocycles. The van der Waals surface area contributed by atoms with Crippen LogP contribution in [0.3, 0.4) is 0 Å². The predicted octanol–water partition coefficient (Wildman–Crippen LogP) is 4.40. The number of sulfone groups is 1. The first-order valence-corrected chi connectivity index (χ1v) is 13.8. The Labute approximate surface area is 199 Å². The molecule has 0 bridgehead atoms. The molecule has 7 nitrogen and oxygen atoms in total. The van der Waals surface area contributed by atoms with Crippen molar-refractivity contribution in [3.63, 3.8) is 0 Å². The van der Waals surface area contributed by atoms with Gasteiger partial charge in [-0.05, 0) is 31.6 Å². The van der Waals surface area contributed by atoms with Gasteiger partial charge in [0, 0.05) is 28.4 Å². The Bertz CT molecular complexity index is 1350. The van der Waals surface area contributed by atoms with Crippen molar-refractivity contribution in [2.24, 2.45) is 0 Å². The summed E-state index contributed by atoms with van der Waals surface area (Å²) in [5.41, 5.74) is 1.29. The van der Waals surface area contributed by atoms with Crippen LogP contribution in [0.2, 0.25) is 0 Å². The van der Waals surface area contributed by atoms with E-state index in [-0.39, 0.29) is 35.3 Å². The van der Waals surface area contributed by atoms with Crippen LogP contribution in [0.15, 0.2) is 40.8 Å². The molecule has 1 aromatic heterocycles. The molecule has 1 saturated heterocycles. The van der Waals surface area contributed by atoms with Gasteiger partial charge in [0.1, 0.15) is 5.58 Å². The van der Waals surface area contributed by atoms with E-state index in [1.54, 1.807) is 11.8 Å². The largest absolute Gasteiger partial charge is 0.450 e. The van der Waals surface area contributed by atoms with Crippen LogP contribution in [-0.4, -0.2) is 55.4 Å². The minimum Gasteiger partial charge on any atom is -0.450 e. The number of carbonyl (C=O) groups excluding carboxylic acids is 2. The molecule has 5 rings (SSSR count). The second kappa shape index (κ2) is 9.06. The Balaban J connectivity index is 1.35. The van der Waals surface area contributed by atoms with Crippen LogP contribution in [0.4, 0.5) is 0 Å². The van der Waals surface area contributed by atoms with Gasteiger partial charge in [0.05, 0.1) is 11.5 Å². The number of nitrogens with zero attached hydrogens (tertiary/aromatic N) is 1. The van der Waals surface area contributed by atoms with Crippen molar-refractivity contribution >= 4 is 43.5 Å². The van der Waals surface area contributed by atoms with Gasteiger partial charge < -0.3 is 14.1 Å². The SMILES string of the molecule is Cc1c(C(=O)OCC(=O)N(C2CCCCC2)C2CCS(=O)(=O)C2)oc2c1ccc1ccccc12. The van der Waals surface area contributed by atoms with Crippen LogP contribution in [-0.2, 0) is 19.4 Å². The molecule has 2 fully saturated rings. The number of carbonyl (C=O) groups is 2. The summed E-state index contributed by atoms with van der Waals surface area (Å²) >= 11 is 0. The maximum Gasteiger partial charge on any atom is 0.375 e. The first-order valence-electron chi connectivity index (χ1n) is 11.9. The molecule has 0 radical (unpaired) electrons. The summed E-state index contributed by atoms with van der Waals surface area (Å²) < 4.78 is 35.5. The Hall–Kier alpha value is -2.87. The number of benzene rings is 2. The Kier molecular flexibility index (Phi) is 6.10. The molecule has 1 unspecified atom stereocenters. The average Bonchev–Trinajstić information content (AvgIpc) is 3.37. The lowest BCUT2D eigenvalue weighted by Gasteiger charge is -2.38. The van der Waals surface area contributed by atoms with Crippen molar-refractivity contribution in [2.45, 2.75) is 57.5 Å². The van der Waals surface area contributed by atoms with Crippen molar-refractivity contribution < 1.29 is 27.2 Å². The zero-order valence-corrected chi connectivity index (χ0v) is 20.1. The molecule has 8 heteroatoms. The number of aryl methyl sites for hydroxylation is 1. The van der Waals surface area contributed by atoms with Gasteiger partial charge >= 0.3 is 5.97 Å². The number of fused-ring (bicyclic) bond motifs is 3. The molecule has 3 aromatic rings. The van der Waals surface area contributed by atoms with Crippen LogP contribution in [0.5, 0.6) is 0 Å². The molecule has 0 N–H and O–H groups in total. The highest BCUT2D eigenvalue weighted by molar-refractivity contribution is 7.91. The van der Waals surface area contributed by atoms with Crippen LogP contribution in [0.1, 0.15) is 54.6 Å². The molecular weight excluding hydrogens is 454 g/mol. The Morgan fingerprint density at radius 3 is 2.50 bits per heavy atom. The second-order valence-corrected chi connectivity index (χ2v) is 11.7. The summed E-state index contributed by atoms with van der Waals surface area (Å²) in [6.07, 6.45) is 5.29. The van der Waals surface area contributed by atoms with E-state index < -0.39 is 22.4 Å². The minimum absolute atomic E-state index is 0.00227. The number of furan rings is 1. The number of hydrogen-bond acceptors (Lipinski definition) is 6. The van der Waals surface area contributed by atoms with E-state index in [0.29, 0.717) is 17.6 Å². The van der Waals surface area contributed by atoms with Gasteiger partial charge in [-0.2, -0.15) is 0 Å². The van der Waals surface area contributed by atoms with Crippen LogP contribution < -0.4 is 0 Å². The van der Waals surface area contributed by atoms with E-state index in [2.05, 4.69) is 0 Å². The highest BCUT2D eigenvalue weighted by Crippen LogP contribution is 2.32. The smallest absolute Gasteiger partial charge is 0.375 e. The number of rotatable bonds is 5. The van der Waals surface area contributed by atoms with E-state index in [9.17, 15) is 18.0 Å². The van der Waals surface area contributed by atoms with Gasteiger partial charge in [-0.15, -0.1) is 0 Å². The van der Waals surface area contributed by atoms with Crippen LogP contribution in [0.25, 0.3) is 21.7 Å². The zero-order chi connectivity index (χ0) is 23.9. The van der Waals surface area contributed by atoms with Gasteiger partial charge in [-0.1, -0.05) is 55.7 Å². The summed E-state index contributed by atoms with van der Waals surface area (Å²) in [6, 6.07) is 11.3. The normalized spacial score (nSPS) is 20.6. The predicted molar refractivity (Wildman–Crippen MR) is 130 cm³/mol. The maximum atomic E-state index is 13.2. The lowest BCUT2D eigenvalue weighted by molar-refractivity contribution is -0.140. The maximum absolute atomic E-state index is 13.2. The van der Waals surface area contributed by atoms with Crippen molar-refractivity contribution in [2.75, 3.05) is 18.1 Å². The molecule has 1 aliphatic heterocycles. The fourth-order valence-electron chi connectivity index (χ4n) is 5.47. The first-order chi connectivity index (χ1) is 16.3. The zero-order valence-electron chi connectivity index (χ0n) is 19.3. The summed E-state index contributed by atoms with van der Waals surface area (Å²) in [7, 11) is -3.14. The monoisotopic (exact) mass is 483 g/mol. The lowest BCUT2D eigenvalue weighted by Crippen LogP contribution is -2.50. The highest BCUT2D eigenvalue weighted by atomic mass is 32.2. The number of ether oxygens (including phenoxy) is 1. The van der Waals surface area contributed by atoms with E-state index in [1.165, 1.54) is 0 Å². The van der Waals surface area contributed by atoms with Gasteiger partial charge in [0.2, 0.25) is 5.76 Å². The highest BCUT2D eigenvalue weighted by Gasteiger charge is 2.39. The van der Waals surface area contributed by atoms with Crippen molar-refractivity contribution in [3.8, 4) is 0 Å². The molecule has 180 valence electrons. The first kappa shape index (κ1) is 22.9. The van der Waals surface area contributed by atoms with Crippen LogP contribution in [0, 0.1) is 6.92 Å². The minimum atomic E-state index is -3.14. The standard InChI is InChI=1S/C26H29NO6S/c1-17-21-12-11-18-7-5-6-10-22(18)25(21)33-24(17)26(29)32-15-23(28)27(19-8-3-2-4-9-19)20-13-14-34(30,31)16-20/h5-7,10-12,19-20H,2-4,8-9,13-16H2,1H3. The van der Waals surface area contributed by atoms with Crippen molar-refractivity contribution in [1.29, 1.82) is 0 Å².